The molecule has 2 aliphatic carbocycles. The molecule has 1 aromatic carbocycles. The number of nitrogens with zero attached hydrogens (tertiary/aromatic N) is 1. The second-order valence-corrected chi connectivity index (χ2v) is 6.32. The van der Waals surface area contributed by atoms with Crippen LogP contribution in [0.2, 0.25) is 5.02 Å². The van der Waals surface area contributed by atoms with E-state index in [9.17, 15) is 0 Å². The zero-order chi connectivity index (χ0) is 13.5. The molecule has 0 aliphatic heterocycles. The third-order valence-electron chi connectivity index (χ3n) is 4.69. The molecule has 2 nitrogen and oxygen atoms in total. The van der Waals surface area contributed by atoms with Gasteiger partial charge in [0.2, 0.25) is 0 Å². The molecule has 4 rings (SSSR count). The Hall–Kier alpha value is -1.54. The van der Waals surface area contributed by atoms with Crippen molar-refractivity contribution in [3.8, 4) is 0 Å². The van der Waals surface area contributed by atoms with E-state index in [1.165, 1.54) is 12.8 Å². The van der Waals surface area contributed by atoms with Crippen LogP contribution in [-0.4, -0.2) is 11.5 Å². The van der Waals surface area contributed by atoms with E-state index in [1.54, 1.807) is 0 Å². The number of hydrogen-bond acceptors (Lipinski definition) is 2. The summed E-state index contributed by atoms with van der Waals surface area (Å²) in [5, 5.41) is 5.37. The van der Waals surface area contributed by atoms with Crippen molar-refractivity contribution in [2.45, 2.75) is 12.8 Å². The average Bonchev–Trinajstić information content (AvgIpc) is 3.09. The molecule has 1 saturated carbocycles. The van der Waals surface area contributed by atoms with Crippen LogP contribution in [-0.2, 0) is 0 Å². The van der Waals surface area contributed by atoms with Crippen LogP contribution in [0.1, 0.15) is 12.8 Å². The van der Waals surface area contributed by atoms with Crippen molar-refractivity contribution >= 4 is 28.2 Å². The third-order valence-corrected chi connectivity index (χ3v) is 5.02. The van der Waals surface area contributed by atoms with E-state index in [-0.39, 0.29) is 0 Å². The molecule has 20 heavy (non-hydrogen) atoms. The molecule has 0 spiro atoms. The van der Waals surface area contributed by atoms with Gasteiger partial charge >= 0.3 is 0 Å². The molecule has 0 saturated heterocycles. The normalized spacial score (nSPS) is 27.4. The summed E-state index contributed by atoms with van der Waals surface area (Å²) in [4.78, 5) is 4.47. The smallest absolute Gasteiger partial charge is 0.0948 e. The number of aromatic nitrogens is 1. The first-order chi connectivity index (χ1) is 9.81. The summed E-state index contributed by atoms with van der Waals surface area (Å²) < 4.78 is 0. The van der Waals surface area contributed by atoms with Crippen molar-refractivity contribution in [2.75, 3.05) is 11.9 Å². The van der Waals surface area contributed by atoms with Crippen LogP contribution in [0.4, 0.5) is 5.69 Å². The molecular weight excluding hydrogens is 268 g/mol. The minimum atomic E-state index is 0.763. The molecule has 0 amide bonds. The van der Waals surface area contributed by atoms with Gasteiger partial charge in [0.25, 0.3) is 0 Å². The Morgan fingerprint density at radius 1 is 1.20 bits per heavy atom. The molecule has 1 fully saturated rings. The highest BCUT2D eigenvalue weighted by Crippen LogP contribution is 2.43. The van der Waals surface area contributed by atoms with Crippen LogP contribution in [0.3, 0.4) is 0 Å². The second kappa shape index (κ2) is 4.78. The van der Waals surface area contributed by atoms with Gasteiger partial charge in [-0.15, -0.1) is 0 Å². The summed E-state index contributed by atoms with van der Waals surface area (Å²) >= 11 is 6.23. The molecule has 3 atom stereocenters. The Labute approximate surface area is 123 Å². The zero-order valence-corrected chi connectivity index (χ0v) is 12.0. The Bertz CT molecular complexity index is 680. The van der Waals surface area contributed by atoms with Gasteiger partial charge in [-0.25, -0.2) is 0 Å². The van der Waals surface area contributed by atoms with Gasteiger partial charge in [0.1, 0.15) is 0 Å². The van der Waals surface area contributed by atoms with Crippen LogP contribution in [0.25, 0.3) is 10.9 Å². The maximum Gasteiger partial charge on any atom is 0.0948 e. The number of allylic oxidation sites excluding steroid dienone is 2. The predicted molar refractivity (Wildman–Crippen MR) is 84.1 cm³/mol. The van der Waals surface area contributed by atoms with Gasteiger partial charge in [0.05, 0.1) is 16.2 Å². The average molecular weight is 285 g/mol. The number of fused-ring (bicyclic) bond motifs is 3. The molecule has 1 heterocycles. The minimum Gasteiger partial charge on any atom is -0.383 e. The Morgan fingerprint density at radius 2 is 2.15 bits per heavy atom. The molecule has 3 heteroatoms. The van der Waals surface area contributed by atoms with E-state index >= 15 is 0 Å². The fourth-order valence-electron chi connectivity index (χ4n) is 3.65. The largest absolute Gasteiger partial charge is 0.383 e. The van der Waals surface area contributed by atoms with E-state index in [0.29, 0.717) is 0 Å². The number of pyridine rings is 1. The van der Waals surface area contributed by atoms with Crippen molar-refractivity contribution in [1.29, 1.82) is 0 Å². The zero-order valence-electron chi connectivity index (χ0n) is 11.2. The minimum absolute atomic E-state index is 0.763. The lowest BCUT2D eigenvalue weighted by Gasteiger charge is -2.19. The highest BCUT2D eigenvalue weighted by molar-refractivity contribution is 6.35. The fourth-order valence-corrected chi connectivity index (χ4v) is 3.87. The van der Waals surface area contributed by atoms with Crippen molar-refractivity contribution in [3.05, 3.63) is 47.6 Å². The molecule has 3 unspecified atom stereocenters. The predicted octanol–water partition coefficient (Wildman–Crippen LogP) is 4.51. The second-order valence-electron chi connectivity index (χ2n) is 5.92. The molecule has 2 aromatic rings. The number of halogens is 1. The monoisotopic (exact) mass is 284 g/mol. The van der Waals surface area contributed by atoms with Gasteiger partial charge in [-0.2, -0.15) is 0 Å². The summed E-state index contributed by atoms with van der Waals surface area (Å²) in [7, 11) is 0. The molecule has 0 radical (unpaired) electrons. The molecule has 2 bridgehead atoms. The van der Waals surface area contributed by atoms with Crippen molar-refractivity contribution in [1.82, 2.24) is 4.98 Å². The first-order valence-electron chi connectivity index (χ1n) is 7.26. The van der Waals surface area contributed by atoms with E-state index in [2.05, 4.69) is 22.5 Å². The lowest BCUT2D eigenvalue weighted by atomic mass is 9.93. The first kappa shape index (κ1) is 12.2. The van der Waals surface area contributed by atoms with Gasteiger partial charge in [0.15, 0.2) is 0 Å². The van der Waals surface area contributed by atoms with Crippen LogP contribution >= 0.6 is 11.6 Å². The summed E-state index contributed by atoms with van der Waals surface area (Å²) in [6, 6.07) is 7.95. The number of benzene rings is 1. The molecule has 1 N–H and O–H groups in total. The Kier molecular flexibility index (Phi) is 2.92. The Morgan fingerprint density at radius 3 is 2.95 bits per heavy atom. The van der Waals surface area contributed by atoms with Gasteiger partial charge < -0.3 is 5.32 Å². The number of nitrogens with one attached hydrogen (secondary N) is 1. The summed E-state index contributed by atoms with van der Waals surface area (Å²) in [6.07, 6.45) is 9.29. The number of hydrogen-bond donors (Lipinski definition) is 1. The van der Waals surface area contributed by atoms with Gasteiger partial charge in [0, 0.05) is 18.1 Å². The third kappa shape index (κ3) is 1.99. The molecule has 2 aliphatic rings. The molecule has 1 aromatic heterocycles. The standard InChI is InChI=1S/C17H17ClN2/c18-15-5-6-16(17-14(15)2-1-7-19-17)20-10-13-9-11-3-4-12(13)8-11/h1-7,11-13,20H,8-10H2. The highest BCUT2D eigenvalue weighted by Gasteiger charge is 2.35. The van der Waals surface area contributed by atoms with Crippen LogP contribution < -0.4 is 5.32 Å². The topological polar surface area (TPSA) is 24.9 Å². The van der Waals surface area contributed by atoms with Crippen molar-refractivity contribution < 1.29 is 0 Å². The maximum absolute atomic E-state index is 6.23. The van der Waals surface area contributed by atoms with Gasteiger partial charge in [-0.05, 0) is 54.9 Å². The van der Waals surface area contributed by atoms with Crippen LogP contribution in [0, 0.1) is 17.8 Å². The SMILES string of the molecule is Clc1ccc(NCC2CC3C=CC2C3)c2ncccc12. The molecule has 102 valence electrons. The Balaban J connectivity index is 1.57. The lowest BCUT2D eigenvalue weighted by Crippen LogP contribution is -2.18. The fraction of sp³-hybridized carbons (Fsp3) is 0.353. The first-order valence-corrected chi connectivity index (χ1v) is 7.64. The van der Waals surface area contributed by atoms with E-state index in [4.69, 9.17) is 11.6 Å². The van der Waals surface area contributed by atoms with E-state index in [0.717, 1.165) is 45.9 Å². The molecular formula is C17H17ClN2. The van der Waals surface area contributed by atoms with E-state index < -0.39 is 0 Å². The van der Waals surface area contributed by atoms with Crippen LogP contribution in [0.5, 0.6) is 0 Å². The summed E-state index contributed by atoms with van der Waals surface area (Å²) in [5.74, 6) is 2.37. The van der Waals surface area contributed by atoms with Gasteiger partial charge in [-0.1, -0.05) is 23.8 Å². The summed E-state index contributed by atoms with van der Waals surface area (Å²) in [5.41, 5.74) is 2.07. The summed E-state index contributed by atoms with van der Waals surface area (Å²) in [6.45, 7) is 1.03. The lowest BCUT2D eigenvalue weighted by molar-refractivity contribution is 0.472. The van der Waals surface area contributed by atoms with Crippen molar-refractivity contribution in [2.24, 2.45) is 17.8 Å². The van der Waals surface area contributed by atoms with Gasteiger partial charge in [-0.3, -0.25) is 4.98 Å². The highest BCUT2D eigenvalue weighted by atomic mass is 35.5. The van der Waals surface area contributed by atoms with E-state index in [1.807, 2.05) is 30.5 Å². The van der Waals surface area contributed by atoms with Crippen LogP contribution in [0.15, 0.2) is 42.6 Å². The number of rotatable bonds is 3. The van der Waals surface area contributed by atoms with Crippen molar-refractivity contribution in [3.63, 3.8) is 0 Å². The maximum atomic E-state index is 6.23. The quantitative estimate of drug-likeness (QED) is 0.839. The number of anilines is 1.